The van der Waals surface area contributed by atoms with Gasteiger partial charge >= 0.3 is 0 Å². The molecule has 26 heavy (non-hydrogen) atoms. The van der Waals surface area contributed by atoms with E-state index < -0.39 is 0 Å². The Morgan fingerprint density at radius 2 is 1.92 bits per heavy atom. The lowest BCUT2D eigenvalue weighted by atomic mass is 10.2. The number of fused-ring (bicyclic) bond motifs is 1. The van der Waals surface area contributed by atoms with Gasteiger partial charge in [-0.3, -0.25) is 9.59 Å². The quantitative estimate of drug-likeness (QED) is 0.721. The molecule has 1 aliphatic heterocycles. The minimum atomic E-state index is -0.358. The monoisotopic (exact) mass is 421 g/mol. The summed E-state index contributed by atoms with van der Waals surface area (Å²) in [5, 5.41) is 2.75. The molecule has 2 aromatic carbocycles. The molecule has 1 aliphatic rings. The maximum absolute atomic E-state index is 12.2. The second kappa shape index (κ2) is 8.09. The van der Waals surface area contributed by atoms with E-state index >= 15 is 0 Å². The number of carbonyl (C=O) groups is 2. The van der Waals surface area contributed by atoms with Crippen LogP contribution in [-0.2, 0) is 4.79 Å². The molecule has 0 bridgehead atoms. The molecule has 2 aromatic rings. The summed E-state index contributed by atoms with van der Waals surface area (Å²) in [7, 11) is 1.46. The minimum absolute atomic E-state index is 0.225. The molecule has 0 atom stereocenters. The number of anilines is 1. The van der Waals surface area contributed by atoms with E-state index in [2.05, 4.69) is 21.2 Å². The zero-order valence-corrected chi connectivity index (χ0v) is 15.5. The van der Waals surface area contributed by atoms with Crippen molar-refractivity contribution in [3.05, 3.63) is 40.4 Å². The highest BCUT2D eigenvalue weighted by atomic mass is 79.9. The van der Waals surface area contributed by atoms with Gasteiger partial charge in [-0.1, -0.05) is 0 Å². The number of amides is 1. The number of aldehydes is 1. The lowest BCUT2D eigenvalue weighted by Crippen LogP contribution is -2.21. The van der Waals surface area contributed by atoms with Gasteiger partial charge in [0.05, 0.1) is 12.8 Å². The van der Waals surface area contributed by atoms with Crippen LogP contribution in [0.1, 0.15) is 10.4 Å². The van der Waals surface area contributed by atoms with Crippen molar-refractivity contribution >= 4 is 33.8 Å². The van der Waals surface area contributed by atoms with Gasteiger partial charge in [0, 0.05) is 22.2 Å². The van der Waals surface area contributed by atoms with Crippen LogP contribution in [0.2, 0.25) is 0 Å². The molecule has 0 spiro atoms. The maximum atomic E-state index is 12.2. The van der Waals surface area contributed by atoms with Crippen molar-refractivity contribution < 1.29 is 28.5 Å². The van der Waals surface area contributed by atoms with Gasteiger partial charge in [-0.05, 0) is 34.1 Å². The highest BCUT2D eigenvalue weighted by Gasteiger charge is 2.16. The molecular weight excluding hydrogens is 406 g/mol. The Kier molecular flexibility index (Phi) is 5.62. The van der Waals surface area contributed by atoms with E-state index in [-0.39, 0.29) is 12.5 Å². The van der Waals surface area contributed by atoms with Crippen LogP contribution in [0.25, 0.3) is 0 Å². The highest BCUT2D eigenvalue weighted by molar-refractivity contribution is 9.10. The first kappa shape index (κ1) is 18.1. The minimum Gasteiger partial charge on any atom is -0.493 e. The van der Waals surface area contributed by atoms with E-state index in [4.69, 9.17) is 18.9 Å². The summed E-state index contributed by atoms with van der Waals surface area (Å²) in [6.07, 6.45) is 0.707. The Hall–Kier alpha value is -2.74. The highest BCUT2D eigenvalue weighted by Crippen LogP contribution is 2.38. The summed E-state index contributed by atoms with van der Waals surface area (Å²) >= 11 is 3.39. The van der Waals surface area contributed by atoms with Gasteiger partial charge < -0.3 is 24.3 Å². The summed E-state index contributed by atoms with van der Waals surface area (Å²) < 4.78 is 22.3. The maximum Gasteiger partial charge on any atom is 0.262 e. The molecule has 8 heteroatoms. The number of hydrogen-bond acceptors (Lipinski definition) is 6. The van der Waals surface area contributed by atoms with Gasteiger partial charge in [-0.25, -0.2) is 0 Å². The van der Waals surface area contributed by atoms with Crippen LogP contribution >= 0.6 is 15.9 Å². The van der Waals surface area contributed by atoms with Gasteiger partial charge in [-0.15, -0.1) is 0 Å². The van der Waals surface area contributed by atoms with Crippen molar-refractivity contribution in [3.8, 4) is 23.0 Å². The molecule has 0 aromatic heterocycles. The molecular formula is C18H16BrNO6. The molecule has 0 saturated carbocycles. The lowest BCUT2D eigenvalue weighted by molar-refractivity contribution is -0.118. The first-order valence-electron chi connectivity index (χ1n) is 7.75. The Labute approximate surface area is 158 Å². The van der Waals surface area contributed by atoms with Crippen LogP contribution in [0.4, 0.5) is 5.69 Å². The third-order valence-corrected chi connectivity index (χ3v) is 4.24. The average molecular weight is 422 g/mol. The number of carbonyl (C=O) groups excluding carboxylic acids is 2. The molecule has 1 amide bonds. The van der Waals surface area contributed by atoms with E-state index in [0.717, 1.165) is 0 Å². The van der Waals surface area contributed by atoms with Gasteiger partial charge in [0.2, 0.25) is 0 Å². The Morgan fingerprint density at radius 1 is 1.19 bits per heavy atom. The fourth-order valence-corrected chi connectivity index (χ4v) is 2.79. The van der Waals surface area contributed by atoms with Crippen LogP contribution in [0.15, 0.2) is 34.8 Å². The number of methoxy groups -OCH3 is 1. The van der Waals surface area contributed by atoms with Crippen molar-refractivity contribution in [2.75, 3.05) is 32.2 Å². The number of halogens is 1. The van der Waals surface area contributed by atoms with Crippen molar-refractivity contribution in [1.29, 1.82) is 0 Å². The second-order valence-corrected chi connectivity index (χ2v) is 6.20. The number of rotatable bonds is 6. The fraction of sp³-hybridized carbons (Fsp3) is 0.222. The van der Waals surface area contributed by atoms with Crippen molar-refractivity contribution in [2.45, 2.75) is 0 Å². The smallest absolute Gasteiger partial charge is 0.262 e. The van der Waals surface area contributed by atoms with Gasteiger partial charge in [0.1, 0.15) is 19.5 Å². The largest absolute Gasteiger partial charge is 0.493 e. The molecule has 0 unspecified atom stereocenters. The van der Waals surface area contributed by atoms with Gasteiger partial charge in [-0.2, -0.15) is 0 Å². The molecule has 0 radical (unpaired) electrons. The summed E-state index contributed by atoms with van der Waals surface area (Å²) in [5.41, 5.74) is 1.00. The molecule has 1 heterocycles. The van der Waals surface area contributed by atoms with Crippen LogP contribution in [-0.4, -0.2) is 39.1 Å². The van der Waals surface area contributed by atoms with E-state index in [1.807, 2.05) is 0 Å². The Balaban J connectivity index is 1.65. The van der Waals surface area contributed by atoms with E-state index in [1.54, 1.807) is 24.3 Å². The van der Waals surface area contributed by atoms with E-state index in [1.165, 1.54) is 13.2 Å². The van der Waals surface area contributed by atoms with Crippen LogP contribution < -0.4 is 24.3 Å². The molecule has 136 valence electrons. The zero-order chi connectivity index (χ0) is 18.5. The summed E-state index contributed by atoms with van der Waals surface area (Å²) in [5.74, 6) is 1.58. The van der Waals surface area contributed by atoms with Crippen molar-refractivity contribution in [2.24, 2.45) is 0 Å². The molecule has 0 saturated heterocycles. The normalized spacial score (nSPS) is 12.2. The van der Waals surface area contributed by atoms with E-state index in [9.17, 15) is 9.59 Å². The molecule has 7 nitrogen and oxygen atoms in total. The van der Waals surface area contributed by atoms with Crippen molar-refractivity contribution in [3.63, 3.8) is 0 Å². The van der Waals surface area contributed by atoms with E-state index in [0.29, 0.717) is 58.2 Å². The fourth-order valence-electron chi connectivity index (χ4n) is 2.37. The third kappa shape index (κ3) is 4.08. The number of ether oxygens (including phenoxy) is 4. The predicted molar refractivity (Wildman–Crippen MR) is 97.6 cm³/mol. The summed E-state index contributed by atoms with van der Waals surface area (Å²) in [6, 6.07) is 8.13. The first-order valence-corrected chi connectivity index (χ1v) is 8.55. The van der Waals surface area contributed by atoms with Gasteiger partial charge in [0.15, 0.2) is 29.6 Å². The Morgan fingerprint density at radius 3 is 2.62 bits per heavy atom. The number of benzene rings is 2. The standard InChI is InChI=1S/C18H16BrNO6/c1-23-15-6-11(9-21)2-3-14(15)26-10-18(22)20-13-8-17-16(7-12(13)19)24-4-5-25-17/h2-3,6-9H,4-5,10H2,1H3,(H,20,22). The summed E-state index contributed by atoms with van der Waals surface area (Å²) in [6.45, 7) is 0.725. The molecule has 0 aliphatic carbocycles. The molecule has 3 rings (SSSR count). The topological polar surface area (TPSA) is 83.1 Å². The lowest BCUT2D eigenvalue weighted by Gasteiger charge is -2.20. The SMILES string of the molecule is COc1cc(C=O)ccc1OCC(=O)Nc1cc2c(cc1Br)OCCO2. The predicted octanol–water partition coefficient (Wildman–Crippen LogP) is 3.06. The van der Waals surface area contributed by atoms with Crippen LogP contribution in [0.5, 0.6) is 23.0 Å². The molecule has 0 fully saturated rings. The van der Waals surface area contributed by atoms with Gasteiger partial charge in [0.25, 0.3) is 5.91 Å². The van der Waals surface area contributed by atoms with Crippen molar-refractivity contribution in [1.82, 2.24) is 0 Å². The first-order chi connectivity index (χ1) is 12.6. The zero-order valence-electron chi connectivity index (χ0n) is 13.9. The van der Waals surface area contributed by atoms with Crippen LogP contribution in [0.3, 0.4) is 0 Å². The summed E-state index contributed by atoms with van der Waals surface area (Å²) in [4.78, 5) is 23.0. The third-order valence-electron chi connectivity index (χ3n) is 3.59. The second-order valence-electron chi connectivity index (χ2n) is 5.34. The Bertz CT molecular complexity index is 839. The number of nitrogens with one attached hydrogen (secondary N) is 1. The molecule has 1 N–H and O–H groups in total. The number of hydrogen-bond donors (Lipinski definition) is 1. The average Bonchev–Trinajstić information content (AvgIpc) is 2.66. The van der Waals surface area contributed by atoms with Crippen LogP contribution in [0, 0.1) is 0 Å².